The molecule has 0 amide bonds. The van der Waals surface area contributed by atoms with Gasteiger partial charge in [-0.3, -0.25) is 4.90 Å². The number of halogens is 1. The average molecular weight is 377 g/mol. The van der Waals surface area contributed by atoms with Crippen molar-refractivity contribution in [3.8, 4) is 0 Å². The van der Waals surface area contributed by atoms with Crippen LogP contribution in [-0.2, 0) is 7.05 Å². The summed E-state index contributed by atoms with van der Waals surface area (Å²) in [4.78, 5) is 20.7. The van der Waals surface area contributed by atoms with Gasteiger partial charge in [-0.1, -0.05) is 0 Å². The van der Waals surface area contributed by atoms with Crippen molar-refractivity contribution in [1.82, 2.24) is 29.3 Å². The van der Waals surface area contributed by atoms with Crippen LogP contribution in [-0.4, -0.2) is 60.5 Å². The monoisotopic (exact) mass is 376 g/mol. The van der Waals surface area contributed by atoms with E-state index in [2.05, 4.69) is 49.9 Å². The molecule has 2 aromatic rings. The van der Waals surface area contributed by atoms with Crippen LogP contribution in [0.2, 0.25) is 0 Å². The highest BCUT2D eigenvalue weighted by molar-refractivity contribution is 6.24. The Hall–Kier alpha value is -2.06. The Morgan fingerprint density at radius 1 is 1.42 bits per heavy atom. The Bertz CT molecular complexity index is 904. The van der Waals surface area contributed by atoms with Crippen LogP contribution in [0.1, 0.15) is 31.6 Å². The molecule has 0 radical (unpaired) electrons. The minimum Gasteiger partial charge on any atom is -0.369 e. The predicted octanol–water partition coefficient (Wildman–Crippen LogP) is 0.189. The number of anilines is 1. The number of imidazole rings is 2. The molecule has 4 heterocycles. The number of likely N-dealkylation sites (tertiary alicyclic amines) is 1. The van der Waals surface area contributed by atoms with Crippen molar-refractivity contribution >= 4 is 23.7 Å². The fourth-order valence-electron chi connectivity index (χ4n) is 3.89. The van der Waals surface area contributed by atoms with Gasteiger partial charge in [0.15, 0.2) is 5.49 Å². The molecule has 8 nitrogen and oxygen atoms in total. The van der Waals surface area contributed by atoms with Crippen LogP contribution in [0, 0.1) is 0 Å². The summed E-state index contributed by atoms with van der Waals surface area (Å²) in [5, 5.41) is 0.927. The maximum Gasteiger partial charge on any atom is 0.202 e. The molecule has 0 spiro atoms. The summed E-state index contributed by atoms with van der Waals surface area (Å²) in [7, 11) is 4.03. The van der Waals surface area contributed by atoms with Crippen LogP contribution < -0.4 is 16.6 Å². The molecular formula is C17H25ClN8. The summed E-state index contributed by atoms with van der Waals surface area (Å²) in [6.07, 6.45) is 7.48. The molecular weight excluding hydrogens is 352 g/mol. The van der Waals surface area contributed by atoms with E-state index in [1.807, 2.05) is 17.8 Å². The number of hydrogen-bond acceptors (Lipinski definition) is 6. The Morgan fingerprint density at radius 3 is 2.96 bits per heavy atom. The Labute approximate surface area is 157 Å². The third kappa shape index (κ3) is 2.77. The largest absolute Gasteiger partial charge is 0.369 e. The SMILES string of the molecule is CC(N1C=c2c(nc(N)n2C)=NC1)C1(Cl)CCN(C)C(c2ncc[nH]2)C1. The van der Waals surface area contributed by atoms with Crippen molar-refractivity contribution in [3.63, 3.8) is 0 Å². The molecule has 3 N–H and O–H groups in total. The van der Waals surface area contributed by atoms with E-state index < -0.39 is 0 Å². The quantitative estimate of drug-likeness (QED) is 0.746. The van der Waals surface area contributed by atoms with Crippen molar-refractivity contribution in [2.24, 2.45) is 12.0 Å². The van der Waals surface area contributed by atoms with Gasteiger partial charge in [-0.15, -0.1) is 11.6 Å². The second kappa shape index (κ2) is 6.28. The van der Waals surface area contributed by atoms with Gasteiger partial charge in [0.1, 0.15) is 17.8 Å². The standard InChI is InChI=1S/C17H25ClN8/c1-11(26-9-13-15(22-10-26)23-16(19)25(13)3)17(18)4-7-24(2)12(8-17)14-20-5-6-21-14/h5-6,9,11-12H,4,7-8,10H2,1-3H3,(H,20,21)(H2,19,22,23). The molecule has 140 valence electrons. The minimum absolute atomic E-state index is 0.114. The van der Waals surface area contributed by atoms with Crippen molar-refractivity contribution in [2.75, 3.05) is 26.0 Å². The lowest BCUT2D eigenvalue weighted by molar-refractivity contribution is 0.110. The van der Waals surface area contributed by atoms with Crippen molar-refractivity contribution in [1.29, 1.82) is 0 Å². The molecule has 0 aromatic carbocycles. The Morgan fingerprint density at radius 2 is 2.23 bits per heavy atom. The molecule has 0 bridgehead atoms. The summed E-state index contributed by atoms with van der Waals surface area (Å²) >= 11 is 7.19. The number of fused-ring (bicyclic) bond motifs is 1. The van der Waals surface area contributed by atoms with E-state index in [4.69, 9.17) is 17.3 Å². The molecule has 1 saturated heterocycles. The van der Waals surface area contributed by atoms with Crippen molar-refractivity contribution in [2.45, 2.75) is 36.7 Å². The summed E-state index contributed by atoms with van der Waals surface area (Å²) in [5.74, 6) is 1.45. The first-order chi connectivity index (χ1) is 12.4. The van der Waals surface area contributed by atoms with Gasteiger partial charge in [0, 0.05) is 38.2 Å². The zero-order valence-corrected chi connectivity index (χ0v) is 16.1. The number of aromatic amines is 1. The number of nitrogens with one attached hydrogen (secondary N) is 1. The normalized spacial score (nSPS) is 27.5. The summed E-state index contributed by atoms with van der Waals surface area (Å²) in [6, 6.07) is 0.298. The van der Waals surface area contributed by atoms with Gasteiger partial charge in [0.05, 0.1) is 10.9 Å². The van der Waals surface area contributed by atoms with E-state index in [9.17, 15) is 0 Å². The number of alkyl halides is 1. The molecule has 4 rings (SSSR count). The number of nitrogen functional groups attached to an aromatic ring is 1. The first-order valence-electron chi connectivity index (χ1n) is 8.88. The summed E-state index contributed by atoms with van der Waals surface area (Å²) < 4.78 is 1.86. The molecule has 3 atom stereocenters. The number of H-pyrrole nitrogens is 1. The minimum atomic E-state index is -0.363. The maximum absolute atomic E-state index is 7.19. The third-order valence-electron chi connectivity index (χ3n) is 5.85. The molecule has 0 saturated carbocycles. The molecule has 0 aliphatic carbocycles. The van der Waals surface area contributed by atoms with Gasteiger partial charge < -0.3 is 20.2 Å². The Kier molecular flexibility index (Phi) is 4.19. The van der Waals surface area contributed by atoms with Gasteiger partial charge in [0.25, 0.3) is 0 Å². The molecule has 3 unspecified atom stereocenters. The van der Waals surface area contributed by atoms with Gasteiger partial charge in [-0.05, 0) is 26.8 Å². The van der Waals surface area contributed by atoms with E-state index in [1.165, 1.54) is 0 Å². The van der Waals surface area contributed by atoms with Crippen LogP contribution in [0.25, 0.3) is 6.20 Å². The number of piperidine rings is 1. The lowest BCUT2D eigenvalue weighted by Crippen LogP contribution is -2.54. The van der Waals surface area contributed by atoms with Crippen LogP contribution in [0.15, 0.2) is 17.4 Å². The van der Waals surface area contributed by atoms with E-state index in [-0.39, 0.29) is 17.0 Å². The number of nitrogens with zero attached hydrogens (tertiary/aromatic N) is 6. The second-order valence-corrected chi connectivity index (χ2v) is 8.07. The molecule has 2 aliphatic rings. The van der Waals surface area contributed by atoms with E-state index in [0.717, 1.165) is 30.6 Å². The van der Waals surface area contributed by atoms with Gasteiger partial charge in [0.2, 0.25) is 5.95 Å². The van der Waals surface area contributed by atoms with Crippen LogP contribution in [0.5, 0.6) is 0 Å². The van der Waals surface area contributed by atoms with E-state index in [0.29, 0.717) is 18.1 Å². The highest BCUT2D eigenvalue weighted by atomic mass is 35.5. The van der Waals surface area contributed by atoms with Crippen molar-refractivity contribution in [3.05, 3.63) is 29.1 Å². The van der Waals surface area contributed by atoms with Gasteiger partial charge in [-0.25, -0.2) is 9.98 Å². The van der Waals surface area contributed by atoms with Crippen LogP contribution >= 0.6 is 11.6 Å². The molecule has 2 aliphatic heterocycles. The zero-order valence-electron chi connectivity index (χ0n) is 15.4. The van der Waals surface area contributed by atoms with Crippen LogP contribution in [0.3, 0.4) is 0 Å². The molecule has 26 heavy (non-hydrogen) atoms. The highest BCUT2D eigenvalue weighted by Gasteiger charge is 2.44. The number of hydrogen-bond donors (Lipinski definition) is 2. The first-order valence-corrected chi connectivity index (χ1v) is 9.25. The van der Waals surface area contributed by atoms with Crippen LogP contribution in [0.4, 0.5) is 5.95 Å². The van der Waals surface area contributed by atoms with Gasteiger partial charge >= 0.3 is 0 Å². The fraction of sp³-hybridized carbons (Fsp3) is 0.588. The molecule has 1 fully saturated rings. The highest BCUT2D eigenvalue weighted by Crippen LogP contribution is 2.42. The van der Waals surface area contributed by atoms with Crippen molar-refractivity contribution < 1.29 is 0 Å². The summed E-state index contributed by atoms with van der Waals surface area (Å²) in [5.41, 5.74) is 6.61. The third-order valence-corrected chi connectivity index (χ3v) is 6.51. The fourth-order valence-corrected chi connectivity index (χ4v) is 4.25. The Balaban J connectivity index is 1.61. The van der Waals surface area contributed by atoms with Gasteiger partial charge in [-0.2, -0.15) is 4.98 Å². The lowest BCUT2D eigenvalue weighted by Gasteiger charge is -2.47. The lowest BCUT2D eigenvalue weighted by atomic mass is 9.84. The second-order valence-electron chi connectivity index (χ2n) is 7.32. The topological polar surface area (TPSA) is 91.4 Å². The number of rotatable bonds is 3. The molecule has 9 heteroatoms. The smallest absolute Gasteiger partial charge is 0.202 e. The summed E-state index contributed by atoms with van der Waals surface area (Å²) in [6.45, 7) is 3.64. The van der Waals surface area contributed by atoms with E-state index >= 15 is 0 Å². The average Bonchev–Trinajstić information content (AvgIpc) is 3.26. The number of aromatic nitrogens is 4. The number of nitrogens with two attached hydrogens (primary N) is 1. The maximum atomic E-state index is 7.19. The first kappa shape index (κ1) is 17.4. The zero-order chi connectivity index (χ0) is 18.5. The van der Waals surface area contributed by atoms with E-state index in [1.54, 1.807) is 6.20 Å². The molecule has 2 aromatic heterocycles. The predicted molar refractivity (Wildman–Crippen MR) is 101 cm³/mol.